The molecule has 2 aromatic heterocycles. The lowest BCUT2D eigenvalue weighted by atomic mass is 10.1. The van der Waals surface area contributed by atoms with Crippen LogP contribution in [-0.2, 0) is 13.2 Å². The van der Waals surface area contributed by atoms with Gasteiger partial charge in [0.1, 0.15) is 11.3 Å². The Balaban J connectivity index is 2.07. The number of aromatic carboxylic acids is 1. The number of hydrogen-bond acceptors (Lipinski definition) is 4. The molecule has 0 saturated carbocycles. The molecule has 0 fully saturated rings. The molecule has 0 aliphatic rings. The molecular weight excluding hydrogens is 318 g/mol. The van der Waals surface area contributed by atoms with E-state index in [1.54, 1.807) is 18.2 Å². The molecule has 23 heavy (non-hydrogen) atoms. The van der Waals surface area contributed by atoms with E-state index in [0.29, 0.717) is 22.7 Å². The second kappa shape index (κ2) is 5.98. The van der Waals surface area contributed by atoms with Crippen molar-refractivity contribution < 1.29 is 15.0 Å². The lowest BCUT2D eigenvalue weighted by Gasteiger charge is -2.09. The highest BCUT2D eigenvalue weighted by Crippen LogP contribution is 2.22. The van der Waals surface area contributed by atoms with E-state index < -0.39 is 5.97 Å². The maximum atomic E-state index is 11.1. The van der Waals surface area contributed by atoms with E-state index in [1.165, 1.54) is 6.07 Å². The molecule has 118 valence electrons. The van der Waals surface area contributed by atoms with Crippen LogP contribution in [0.15, 0.2) is 30.3 Å². The number of nitrogens with zero attached hydrogens (tertiary/aromatic N) is 3. The number of hydrogen-bond donors (Lipinski definition) is 2. The fourth-order valence-corrected chi connectivity index (χ4v) is 2.67. The second-order valence-electron chi connectivity index (χ2n) is 5.17. The van der Waals surface area contributed by atoms with Gasteiger partial charge in [-0.3, -0.25) is 0 Å². The molecule has 0 saturated heterocycles. The van der Waals surface area contributed by atoms with Crippen molar-refractivity contribution >= 4 is 28.7 Å². The van der Waals surface area contributed by atoms with Gasteiger partial charge >= 0.3 is 5.97 Å². The zero-order valence-electron chi connectivity index (χ0n) is 12.3. The number of carboxylic acid groups (broad SMARTS) is 1. The van der Waals surface area contributed by atoms with Gasteiger partial charge in [-0.05, 0) is 36.2 Å². The molecule has 3 aromatic rings. The van der Waals surface area contributed by atoms with E-state index >= 15 is 0 Å². The van der Waals surface area contributed by atoms with Crippen molar-refractivity contribution in [2.24, 2.45) is 0 Å². The van der Waals surface area contributed by atoms with Gasteiger partial charge in [-0.15, -0.1) is 0 Å². The number of aryl methyl sites for hydroxylation is 1. The van der Waals surface area contributed by atoms with Crippen LogP contribution in [-0.4, -0.2) is 30.7 Å². The number of pyridine rings is 1. The number of aliphatic hydroxyl groups is 1. The highest BCUT2D eigenvalue weighted by molar-refractivity contribution is 6.31. The van der Waals surface area contributed by atoms with Crippen molar-refractivity contribution in [1.82, 2.24) is 14.5 Å². The number of rotatable bonds is 4. The van der Waals surface area contributed by atoms with Crippen LogP contribution >= 0.6 is 11.6 Å². The third-order valence-electron chi connectivity index (χ3n) is 3.63. The average molecular weight is 332 g/mol. The minimum Gasteiger partial charge on any atom is -0.477 e. The topological polar surface area (TPSA) is 88.2 Å². The van der Waals surface area contributed by atoms with Crippen LogP contribution in [0.3, 0.4) is 0 Å². The maximum Gasteiger partial charge on any atom is 0.354 e. The number of carboxylic acids is 1. The van der Waals surface area contributed by atoms with E-state index in [2.05, 4.69) is 9.97 Å². The van der Waals surface area contributed by atoms with Gasteiger partial charge in [0.25, 0.3) is 0 Å². The van der Waals surface area contributed by atoms with Crippen LogP contribution in [0.25, 0.3) is 11.2 Å². The summed E-state index contributed by atoms with van der Waals surface area (Å²) in [5.41, 5.74) is 2.69. The Morgan fingerprint density at radius 3 is 2.70 bits per heavy atom. The van der Waals surface area contributed by atoms with Crippen LogP contribution < -0.4 is 0 Å². The van der Waals surface area contributed by atoms with E-state index in [4.69, 9.17) is 21.8 Å². The zero-order chi connectivity index (χ0) is 16.6. The number of benzene rings is 1. The molecule has 3 rings (SSSR count). The maximum absolute atomic E-state index is 11.1. The summed E-state index contributed by atoms with van der Waals surface area (Å²) in [6, 6.07) is 8.42. The molecular formula is C16H14ClN3O3. The smallest absolute Gasteiger partial charge is 0.354 e. The number of aliphatic hydroxyl groups excluding tert-OH is 1. The Labute approximate surface area is 137 Å². The fraction of sp³-hybridized carbons (Fsp3) is 0.188. The highest BCUT2D eigenvalue weighted by Gasteiger charge is 2.14. The molecule has 6 nitrogen and oxygen atoms in total. The summed E-state index contributed by atoms with van der Waals surface area (Å²) in [6.45, 7) is 2.18. The van der Waals surface area contributed by atoms with Gasteiger partial charge in [0.15, 0.2) is 11.3 Å². The van der Waals surface area contributed by atoms with Crippen molar-refractivity contribution in [3.05, 3.63) is 58.0 Å². The molecule has 2 heterocycles. The molecule has 2 N–H and O–H groups in total. The molecule has 0 radical (unpaired) electrons. The first-order chi connectivity index (χ1) is 11.0. The van der Waals surface area contributed by atoms with Crippen LogP contribution in [0.4, 0.5) is 0 Å². The molecule has 0 bridgehead atoms. The number of fused-ring (bicyclic) bond motifs is 1. The zero-order valence-corrected chi connectivity index (χ0v) is 13.1. The predicted octanol–water partition coefficient (Wildman–Crippen LogP) is 2.63. The van der Waals surface area contributed by atoms with Gasteiger partial charge in [0, 0.05) is 5.02 Å². The van der Waals surface area contributed by atoms with Gasteiger partial charge < -0.3 is 14.8 Å². The normalized spacial score (nSPS) is 11.1. The van der Waals surface area contributed by atoms with E-state index in [9.17, 15) is 4.79 Å². The monoisotopic (exact) mass is 331 g/mol. The highest BCUT2D eigenvalue weighted by atomic mass is 35.5. The van der Waals surface area contributed by atoms with Crippen molar-refractivity contribution in [2.75, 3.05) is 0 Å². The first-order valence-corrected chi connectivity index (χ1v) is 7.32. The standard InChI is InChI=1S/C16H14ClN3O3/c1-9-18-13-4-5-14(16(22)23)19-15(13)20(9)7-11-3-2-10(8-21)6-12(11)17/h2-6,21H,7-8H2,1H3,(H,22,23). The number of aromatic nitrogens is 3. The Hall–Kier alpha value is -2.44. The Kier molecular flexibility index (Phi) is 4.02. The van der Waals surface area contributed by atoms with Crippen molar-refractivity contribution in [2.45, 2.75) is 20.1 Å². The average Bonchev–Trinajstić information content (AvgIpc) is 2.84. The van der Waals surface area contributed by atoms with E-state index in [-0.39, 0.29) is 12.3 Å². The summed E-state index contributed by atoms with van der Waals surface area (Å²) in [5, 5.41) is 18.8. The fourth-order valence-electron chi connectivity index (χ4n) is 2.41. The van der Waals surface area contributed by atoms with E-state index in [0.717, 1.165) is 17.0 Å². The summed E-state index contributed by atoms with van der Waals surface area (Å²) in [4.78, 5) is 19.7. The first-order valence-electron chi connectivity index (χ1n) is 6.95. The van der Waals surface area contributed by atoms with Crippen LogP contribution in [0, 0.1) is 6.92 Å². The number of carbonyl (C=O) groups is 1. The first kappa shape index (κ1) is 15.5. The van der Waals surface area contributed by atoms with Crippen LogP contribution in [0.5, 0.6) is 0 Å². The summed E-state index contributed by atoms with van der Waals surface area (Å²) < 4.78 is 1.82. The molecule has 1 aromatic carbocycles. The molecule has 0 atom stereocenters. The van der Waals surface area contributed by atoms with E-state index in [1.807, 2.05) is 17.6 Å². The van der Waals surface area contributed by atoms with Crippen molar-refractivity contribution in [3.8, 4) is 0 Å². The quantitative estimate of drug-likeness (QED) is 0.767. The lowest BCUT2D eigenvalue weighted by Crippen LogP contribution is -2.06. The summed E-state index contributed by atoms with van der Waals surface area (Å²) >= 11 is 6.25. The largest absolute Gasteiger partial charge is 0.477 e. The van der Waals surface area contributed by atoms with Gasteiger partial charge in [-0.25, -0.2) is 14.8 Å². The molecule has 0 spiro atoms. The molecule has 7 heteroatoms. The predicted molar refractivity (Wildman–Crippen MR) is 85.7 cm³/mol. The second-order valence-corrected chi connectivity index (χ2v) is 5.58. The van der Waals surface area contributed by atoms with Gasteiger partial charge in [0.2, 0.25) is 0 Å². The molecule has 0 aliphatic carbocycles. The third-order valence-corrected chi connectivity index (χ3v) is 3.98. The minimum atomic E-state index is -1.08. The summed E-state index contributed by atoms with van der Waals surface area (Å²) in [6.07, 6.45) is 0. The van der Waals surface area contributed by atoms with Crippen molar-refractivity contribution in [1.29, 1.82) is 0 Å². The van der Waals surface area contributed by atoms with Crippen LogP contribution in [0.1, 0.15) is 27.4 Å². The molecule has 0 unspecified atom stereocenters. The Bertz CT molecular complexity index is 905. The number of halogens is 1. The Morgan fingerprint density at radius 2 is 2.04 bits per heavy atom. The molecule has 0 amide bonds. The lowest BCUT2D eigenvalue weighted by molar-refractivity contribution is 0.0691. The van der Waals surface area contributed by atoms with Crippen molar-refractivity contribution in [3.63, 3.8) is 0 Å². The molecule has 0 aliphatic heterocycles. The van der Waals surface area contributed by atoms with Gasteiger partial charge in [-0.1, -0.05) is 23.7 Å². The van der Waals surface area contributed by atoms with Gasteiger partial charge in [0.05, 0.1) is 13.2 Å². The summed E-state index contributed by atoms with van der Waals surface area (Å²) in [7, 11) is 0. The van der Waals surface area contributed by atoms with Crippen LogP contribution in [0.2, 0.25) is 5.02 Å². The SMILES string of the molecule is Cc1nc2ccc(C(=O)O)nc2n1Cc1ccc(CO)cc1Cl. The Morgan fingerprint density at radius 1 is 1.26 bits per heavy atom. The minimum absolute atomic E-state index is 0.0274. The summed E-state index contributed by atoms with van der Waals surface area (Å²) in [5.74, 6) is -0.361. The third kappa shape index (κ3) is 2.91. The number of imidazole rings is 1. The van der Waals surface area contributed by atoms with Gasteiger partial charge in [-0.2, -0.15) is 0 Å².